The Morgan fingerprint density at radius 3 is 2.79 bits per heavy atom. The Kier molecular flexibility index (Phi) is 5.46. The van der Waals surface area contributed by atoms with Crippen LogP contribution in [0.15, 0.2) is 34.7 Å². The number of carbonyl (C=O) groups is 1. The van der Waals surface area contributed by atoms with Crippen molar-refractivity contribution in [3.63, 3.8) is 0 Å². The van der Waals surface area contributed by atoms with Crippen molar-refractivity contribution in [3.05, 3.63) is 52.4 Å². The fraction of sp³-hybridized carbons (Fsp3) is 0.421. The zero-order valence-electron chi connectivity index (χ0n) is 13.7. The van der Waals surface area contributed by atoms with Crippen LogP contribution >= 0.6 is 11.6 Å². The third-order valence-electron chi connectivity index (χ3n) is 4.12. The van der Waals surface area contributed by atoms with E-state index in [1.807, 2.05) is 18.2 Å². The minimum Gasteiger partial charge on any atom is -0.490 e. The summed E-state index contributed by atoms with van der Waals surface area (Å²) in [6.07, 6.45) is 5.41. The Labute approximate surface area is 146 Å². The first kappa shape index (κ1) is 16.9. The van der Waals surface area contributed by atoms with Gasteiger partial charge in [-0.05, 0) is 62.9 Å². The topological polar surface area (TPSA) is 48.7 Å². The predicted molar refractivity (Wildman–Crippen MR) is 91.8 cm³/mol. The minimum absolute atomic E-state index is 0.215. The summed E-state index contributed by atoms with van der Waals surface area (Å²) in [7, 11) is 0. The fourth-order valence-corrected chi connectivity index (χ4v) is 3.15. The Morgan fingerprint density at radius 1 is 1.25 bits per heavy atom. The van der Waals surface area contributed by atoms with Crippen molar-refractivity contribution in [2.24, 2.45) is 0 Å². The van der Waals surface area contributed by atoms with Crippen molar-refractivity contribution in [1.82, 2.24) is 0 Å². The number of halogens is 1. The molecule has 1 aromatic heterocycles. The van der Waals surface area contributed by atoms with Crippen LogP contribution in [0.4, 0.5) is 0 Å². The molecular weight excluding hydrogens is 328 g/mol. The summed E-state index contributed by atoms with van der Waals surface area (Å²) in [6.45, 7) is 2.09. The largest absolute Gasteiger partial charge is 0.490 e. The average Bonchev–Trinajstić information content (AvgIpc) is 3.22. The van der Waals surface area contributed by atoms with E-state index in [9.17, 15) is 4.79 Å². The zero-order valence-corrected chi connectivity index (χ0v) is 14.5. The maximum atomic E-state index is 11.7. The molecule has 24 heavy (non-hydrogen) atoms. The molecule has 3 rings (SSSR count). The second-order valence-corrected chi connectivity index (χ2v) is 6.38. The number of esters is 1. The first-order valence-corrected chi connectivity index (χ1v) is 8.74. The highest BCUT2D eigenvalue weighted by Gasteiger charge is 2.19. The molecule has 0 spiro atoms. The van der Waals surface area contributed by atoms with Gasteiger partial charge in [0.25, 0.3) is 0 Å². The highest BCUT2D eigenvalue weighted by atomic mass is 35.5. The second kappa shape index (κ2) is 7.75. The molecule has 1 aliphatic rings. The molecule has 0 amide bonds. The van der Waals surface area contributed by atoms with Crippen LogP contribution in [0.3, 0.4) is 0 Å². The summed E-state index contributed by atoms with van der Waals surface area (Å²) in [5, 5.41) is 0.654. The van der Waals surface area contributed by atoms with Crippen LogP contribution in [0.2, 0.25) is 5.02 Å². The summed E-state index contributed by atoms with van der Waals surface area (Å²) in [4.78, 5) is 11.7. The molecule has 1 fully saturated rings. The zero-order chi connectivity index (χ0) is 16.9. The summed E-state index contributed by atoms with van der Waals surface area (Å²) in [6, 6.07) is 9.05. The smallest absolute Gasteiger partial charge is 0.374 e. The molecule has 1 saturated carbocycles. The number of furan rings is 1. The van der Waals surface area contributed by atoms with Gasteiger partial charge in [0.15, 0.2) is 0 Å². The number of rotatable bonds is 6. The third kappa shape index (κ3) is 4.12. The molecule has 1 heterocycles. The molecule has 0 bridgehead atoms. The lowest BCUT2D eigenvalue weighted by atomic mass is 10.1. The Bertz CT molecular complexity index is 701. The van der Waals surface area contributed by atoms with Crippen molar-refractivity contribution in [3.8, 4) is 5.75 Å². The van der Waals surface area contributed by atoms with Crippen molar-refractivity contribution in [1.29, 1.82) is 0 Å². The molecule has 4 nitrogen and oxygen atoms in total. The van der Waals surface area contributed by atoms with Gasteiger partial charge in [-0.1, -0.05) is 11.6 Å². The van der Waals surface area contributed by atoms with Crippen LogP contribution in [0.25, 0.3) is 0 Å². The molecule has 0 unspecified atom stereocenters. The Balaban J connectivity index is 1.76. The highest BCUT2D eigenvalue weighted by molar-refractivity contribution is 6.30. The molecule has 0 atom stereocenters. The molecule has 2 aromatic rings. The summed E-state index contributed by atoms with van der Waals surface area (Å²) >= 11 is 6.14. The molecule has 0 saturated heterocycles. The molecule has 128 valence electrons. The van der Waals surface area contributed by atoms with E-state index in [0.717, 1.165) is 24.2 Å². The van der Waals surface area contributed by atoms with E-state index in [2.05, 4.69) is 0 Å². The van der Waals surface area contributed by atoms with Gasteiger partial charge in [0.2, 0.25) is 5.76 Å². The molecule has 0 N–H and O–H groups in total. The van der Waals surface area contributed by atoms with E-state index in [0.29, 0.717) is 23.8 Å². The molecular formula is C19H21ClO4. The fourth-order valence-electron chi connectivity index (χ4n) is 2.96. The van der Waals surface area contributed by atoms with Gasteiger partial charge in [-0.25, -0.2) is 4.79 Å². The maximum Gasteiger partial charge on any atom is 0.374 e. The predicted octanol–water partition coefficient (Wildman–Crippen LogP) is 5.02. The van der Waals surface area contributed by atoms with Crippen LogP contribution in [-0.4, -0.2) is 18.7 Å². The lowest BCUT2D eigenvalue weighted by Crippen LogP contribution is -2.12. The molecule has 5 heteroatoms. The van der Waals surface area contributed by atoms with Gasteiger partial charge in [-0.3, -0.25) is 0 Å². The number of hydrogen-bond donors (Lipinski definition) is 0. The quantitative estimate of drug-likeness (QED) is 0.687. The number of carbonyl (C=O) groups excluding carboxylic acids is 1. The number of benzene rings is 1. The van der Waals surface area contributed by atoms with Crippen molar-refractivity contribution >= 4 is 17.6 Å². The van der Waals surface area contributed by atoms with E-state index in [-0.39, 0.29) is 11.9 Å². The monoisotopic (exact) mass is 348 g/mol. The van der Waals surface area contributed by atoms with Crippen molar-refractivity contribution in [2.75, 3.05) is 6.61 Å². The van der Waals surface area contributed by atoms with Crippen molar-refractivity contribution in [2.45, 2.75) is 45.1 Å². The second-order valence-electron chi connectivity index (χ2n) is 5.94. The molecule has 1 aromatic carbocycles. The van der Waals surface area contributed by atoms with E-state index < -0.39 is 5.97 Å². The van der Waals surface area contributed by atoms with Gasteiger partial charge in [0, 0.05) is 17.0 Å². The summed E-state index contributed by atoms with van der Waals surface area (Å²) in [5.41, 5.74) is 0.958. The number of ether oxygens (including phenoxy) is 2. The SMILES string of the molecule is CCOC(=O)c1ccc(Cc2cc(Cl)ccc2OC2CCCC2)o1. The molecule has 1 aliphatic carbocycles. The van der Waals surface area contributed by atoms with E-state index in [1.54, 1.807) is 19.1 Å². The van der Waals surface area contributed by atoms with Gasteiger partial charge in [0.05, 0.1) is 12.7 Å². The lowest BCUT2D eigenvalue weighted by Gasteiger charge is -2.16. The van der Waals surface area contributed by atoms with Crippen LogP contribution in [0.1, 0.15) is 54.5 Å². The lowest BCUT2D eigenvalue weighted by molar-refractivity contribution is 0.0488. The first-order valence-electron chi connectivity index (χ1n) is 8.36. The van der Waals surface area contributed by atoms with Gasteiger partial charge < -0.3 is 13.9 Å². The van der Waals surface area contributed by atoms with Gasteiger partial charge in [0.1, 0.15) is 11.5 Å². The van der Waals surface area contributed by atoms with E-state index in [4.69, 9.17) is 25.5 Å². The Morgan fingerprint density at radius 2 is 2.04 bits per heavy atom. The maximum absolute atomic E-state index is 11.7. The molecule has 0 radical (unpaired) electrons. The van der Waals surface area contributed by atoms with E-state index >= 15 is 0 Å². The van der Waals surface area contributed by atoms with E-state index in [1.165, 1.54) is 12.8 Å². The van der Waals surface area contributed by atoms with Gasteiger partial charge in [-0.2, -0.15) is 0 Å². The van der Waals surface area contributed by atoms with Crippen LogP contribution < -0.4 is 4.74 Å². The molecule has 0 aliphatic heterocycles. The van der Waals surface area contributed by atoms with Gasteiger partial charge in [-0.15, -0.1) is 0 Å². The standard InChI is InChI=1S/C19H21ClO4/c1-2-22-19(21)18-10-8-16(24-18)12-13-11-14(20)7-9-17(13)23-15-5-3-4-6-15/h7-11,15H,2-6,12H2,1H3. The van der Waals surface area contributed by atoms with Crippen LogP contribution in [0, 0.1) is 0 Å². The normalized spacial score (nSPS) is 14.8. The minimum atomic E-state index is -0.447. The Hall–Kier alpha value is -1.94. The first-order chi connectivity index (χ1) is 11.7. The average molecular weight is 349 g/mol. The number of hydrogen-bond acceptors (Lipinski definition) is 4. The van der Waals surface area contributed by atoms with Crippen molar-refractivity contribution < 1.29 is 18.7 Å². The summed E-state index contributed by atoms with van der Waals surface area (Å²) in [5.74, 6) is 1.28. The van der Waals surface area contributed by atoms with Crippen LogP contribution in [0.5, 0.6) is 5.75 Å². The third-order valence-corrected chi connectivity index (χ3v) is 4.36. The highest BCUT2D eigenvalue weighted by Crippen LogP contribution is 2.30. The van der Waals surface area contributed by atoms with Crippen LogP contribution in [-0.2, 0) is 11.2 Å². The summed E-state index contributed by atoms with van der Waals surface area (Å²) < 4.78 is 16.7. The van der Waals surface area contributed by atoms with Gasteiger partial charge >= 0.3 is 5.97 Å².